The van der Waals surface area contributed by atoms with Gasteiger partial charge in [-0.25, -0.2) is 0 Å². The van der Waals surface area contributed by atoms with E-state index < -0.39 is 0 Å². The van der Waals surface area contributed by atoms with Gasteiger partial charge in [0.1, 0.15) is 0 Å². The van der Waals surface area contributed by atoms with Gasteiger partial charge in [-0.3, -0.25) is 0 Å². The van der Waals surface area contributed by atoms with Crippen LogP contribution < -0.4 is 0 Å². The second-order valence-corrected chi connectivity index (χ2v) is 5.80. The lowest BCUT2D eigenvalue weighted by Gasteiger charge is -2.29. The van der Waals surface area contributed by atoms with E-state index in [0.29, 0.717) is 5.41 Å². The van der Waals surface area contributed by atoms with Gasteiger partial charge < -0.3 is 4.90 Å². The summed E-state index contributed by atoms with van der Waals surface area (Å²) in [6, 6.07) is 0.854. The minimum Gasteiger partial charge on any atom is -0.302 e. The van der Waals surface area contributed by atoms with Crippen LogP contribution in [0.3, 0.4) is 0 Å². The van der Waals surface area contributed by atoms with Gasteiger partial charge in [0.05, 0.1) is 0 Å². The summed E-state index contributed by atoms with van der Waals surface area (Å²) in [4.78, 5) is 2.61. The molecule has 0 N–H and O–H groups in total. The highest BCUT2D eigenvalue weighted by Crippen LogP contribution is 2.52. The first-order valence-corrected chi connectivity index (χ1v) is 5.75. The Kier molecular flexibility index (Phi) is 2.18. The molecule has 3 atom stereocenters. The Morgan fingerprint density at radius 3 is 2.69 bits per heavy atom. The van der Waals surface area contributed by atoms with E-state index in [-0.39, 0.29) is 0 Å². The summed E-state index contributed by atoms with van der Waals surface area (Å²) in [5, 5.41) is 0. The zero-order valence-electron chi connectivity index (χ0n) is 9.51. The molecule has 1 saturated heterocycles. The molecule has 76 valence electrons. The third-order valence-corrected chi connectivity index (χ3v) is 4.37. The van der Waals surface area contributed by atoms with Crippen LogP contribution in [0.15, 0.2) is 0 Å². The van der Waals surface area contributed by atoms with Gasteiger partial charge in [-0.15, -0.1) is 0 Å². The fourth-order valence-electron chi connectivity index (χ4n) is 3.99. The molecule has 0 aromatic rings. The molecule has 1 aliphatic heterocycles. The van der Waals surface area contributed by atoms with Gasteiger partial charge in [0.2, 0.25) is 0 Å². The molecule has 13 heavy (non-hydrogen) atoms. The maximum Gasteiger partial charge on any atom is 0.0149 e. The average molecular weight is 181 g/mol. The van der Waals surface area contributed by atoms with Gasteiger partial charge in [-0.2, -0.15) is 0 Å². The quantitative estimate of drug-likeness (QED) is 0.601. The zero-order valence-corrected chi connectivity index (χ0v) is 9.51. The molecule has 3 unspecified atom stereocenters. The molecule has 1 aliphatic carbocycles. The van der Waals surface area contributed by atoms with E-state index in [1.807, 2.05) is 0 Å². The Balaban J connectivity index is 2.21. The van der Waals surface area contributed by atoms with Crippen LogP contribution in [0.2, 0.25) is 0 Å². The molecule has 0 aromatic carbocycles. The molecule has 2 fully saturated rings. The smallest absolute Gasteiger partial charge is 0.0149 e. The summed E-state index contributed by atoms with van der Waals surface area (Å²) in [6.07, 6.45) is 4.41. The molecule has 0 spiro atoms. The molecule has 0 amide bonds. The van der Waals surface area contributed by atoms with E-state index in [4.69, 9.17) is 0 Å². The Hall–Kier alpha value is -0.0400. The number of fused-ring (bicyclic) bond motifs is 1. The van der Waals surface area contributed by atoms with Crippen molar-refractivity contribution in [3.8, 4) is 0 Å². The highest BCUT2D eigenvalue weighted by molar-refractivity contribution is 5.03. The third-order valence-electron chi connectivity index (χ3n) is 4.37. The van der Waals surface area contributed by atoms with Gasteiger partial charge in [0, 0.05) is 12.6 Å². The first kappa shape index (κ1) is 9.51. The van der Waals surface area contributed by atoms with Crippen LogP contribution in [-0.2, 0) is 0 Å². The van der Waals surface area contributed by atoms with Crippen molar-refractivity contribution in [3.05, 3.63) is 0 Å². The minimum atomic E-state index is 0.656. The fraction of sp³-hybridized carbons (Fsp3) is 1.00. The summed E-state index contributed by atoms with van der Waals surface area (Å²) in [5.41, 5.74) is 0.656. The zero-order chi connectivity index (χ0) is 9.64. The molecule has 1 saturated carbocycles. The fourth-order valence-corrected chi connectivity index (χ4v) is 3.99. The minimum absolute atomic E-state index is 0.656. The second-order valence-electron chi connectivity index (χ2n) is 5.80. The molecule has 0 bridgehead atoms. The summed E-state index contributed by atoms with van der Waals surface area (Å²) >= 11 is 0. The van der Waals surface area contributed by atoms with Gasteiger partial charge in [-0.1, -0.05) is 27.2 Å². The van der Waals surface area contributed by atoms with E-state index in [2.05, 4.69) is 32.7 Å². The lowest BCUT2D eigenvalue weighted by Crippen LogP contribution is -2.34. The van der Waals surface area contributed by atoms with Crippen molar-refractivity contribution in [3.63, 3.8) is 0 Å². The van der Waals surface area contributed by atoms with Crippen LogP contribution in [0.25, 0.3) is 0 Å². The standard InChI is InChI=1S/C12H23N/c1-9(2)11-10-6-5-7-12(10,3)8-13(11)4/h9-11H,5-8H2,1-4H3. The van der Waals surface area contributed by atoms with Crippen molar-refractivity contribution in [2.75, 3.05) is 13.6 Å². The van der Waals surface area contributed by atoms with E-state index in [9.17, 15) is 0 Å². The van der Waals surface area contributed by atoms with Crippen LogP contribution in [0, 0.1) is 17.3 Å². The number of rotatable bonds is 1. The van der Waals surface area contributed by atoms with Crippen LogP contribution >= 0.6 is 0 Å². The lowest BCUT2D eigenvalue weighted by molar-refractivity contribution is 0.204. The number of nitrogens with zero attached hydrogens (tertiary/aromatic N) is 1. The third kappa shape index (κ3) is 1.32. The lowest BCUT2D eigenvalue weighted by atomic mass is 9.77. The van der Waals surface area contributed by atoms with E-state index in [0.717, 1.165) is 17.9 Å². The molecule has 2 rings (SSSR count). The second kappa shape index (κ2) is 2.98. The maximum absolute atomic E-state index is 2.61. The number of hydrogen-bond donors (Lipinski definition) is 0. The SMILES string of the molecule is CC(C)C1C2CCCC2(C)CN1C. The van der Waals surface area contributed by atoms with Gasteiger partial charge >= 0.3 is 0 Å². The van der Waals surface area contributed by atoms with E-state index in [1.54, 1.807) is 0 Å². The highest BCUT2D eigenvalue weighted by Gasteiger charge is 2.51. The van der Waals surface area contributed by atoms with Crippen molar-refractivity contribution in [2.24, 2.45) is 17.3 Å². The summed E-state index contributed by atoms with van der Waals surface area (Å²) in [6.45, 7) is 8.60. The highest BCUT2D eigenvalue weighted by atomic mass is 15.2. The summed E-state index contributed by atoms with van der Waals surface area (Å²) in [5.74, 6) is 1.81. The largest absolute Gasteiger partial charge is 0.302 e. The van der Waals surface area contributed by atoms with E-state index in [1.165, 1.54) is 25.8 Å². The van der Waals surface area contributed by atoms with Crippen LogP contribution in [-0.4, -0.2) is 24.5 Å². The molecular formula is C12H23N. The summed E-state index contributed by atoms with van der Waals surface area (Å²) in [7, 11) is 2.31. The van der Waals surface area contributed by atoms with E-state index >= 15 is 0 Å². The predicted molar refractivity (Wildman–Crippen MR) is 56.7 cm³/mol. The predicted octanol–water partition coefficient (Wildman–Crippen LogP) is 2.76. The van der Waals surface area contributed by atoms with Crippen LogP contribution in [0.4, 0.5) is 0 Å². The van der Waals surface area contributed by atoms with Crippen molar-refractivity contribution < 1.29 is 0 Å². The molecule has 1 heterocycles. The van der Waals surface area contributed by atoms with Crippen LogP contribution in [0.1, 0.15) is 40.0 Å². The average Bonchev–Trinajstić information content (AvgIpc) is 2.40. The Morgan fingerprint density at radius 2 is 2.08 bits per heavy atom. The van der Waals surface area contributed by atoms with Crippen molar-refractivity contribution in [1.82, 2.24) is 4.90 Å². The topological polar surface area (TPSA) is 3.24 Å². The number of likely N-dealkylation sites (tertiary alicyclic amines) is 1. The monoisotopic (exact) mass is 181 g/mol. The van der Waals surface area contributed by atoms with Crippen molar-refractivity contribution >= 4 is 0 Å². The van der Waals surface area contributed by atoms with Gasteiger partial charge in [0.25, 0.3) is 0 Å². The normalized spacial score (nSPS) is 45.9. The number of hydrogen-bond acceptors (Lipinski definition) is 1. The molecule has 0 aromatic heterocycles. The molecule has 0 radical (unpaired) electrons. The first-order chi connectivity index (χ1) is 6.04. The van der Waals surface area contributed by atoms with Gasteiger partial charge in [-0.05, 0) is 37.1 Å². The van der Waals surface area contributed by atoms with Gasteiger partial charge in [0.15, 0.2) is 0 Å². The molecule has 1 heteroatoms. The molecule has 2 aliphatic rings. The van der Waals surface area contributed by atoms with Crippen LogP contribution in [0.5, 0.6) is 0 Å². The Bertz CT molecular complexity index is 199. The first-order valence-electron chi connectivity index (χ1n) is 5.75. The molecule has 1 nitrogen and oxygen atoms in total. The van der Waals surface area contributed by atoms with Crippen molar-refractivity contribution in [2.45, 2.75) is 46.1 Å². The Labute approximate surface area is 82.5 Å². The molecular weight excluding hydrogens is 158 g/mol. The van der Waals surface area contributed by atoms with Crippen molar-refractivity contribution in [1.29, 1.82) is 0 Å². The maximum atomic E-state index is 2.61. The summed E-state index contributed by atoms with van der Waals surface area (Å²) < 4.78 is 0. The Morgan fingerprint density at radius 1 is 1.38 bits per heavy atom.